The van der Waals surface area contributed by atoms with E-state index in [-0.39, 0.29) is 6.04 Å². The van der Waals surface area contributed by atoms with Crippen LogP contribution in [-0.2, 0) is 11.3 Å². The maximum atomic E-state index is 5.72. The van der Waals surface area contributed by atoms with Crippen molar-refractivity contribution in [3.63, 3.8) is 0 Å². The number of rotatable bonds is 7. The molecule has 0 saturated carbocycles. The predicted octanol–water partition coefficient (Wildman–Crippen LogP) is 1.96. The Balaban J connectivity index is 2.56. The smallest absolute Gasteiger partial charge is 0.203 e. The molecule has 5 heteroatoms. The minimum Gasteiger partial charge on any atom is -0.383 e. The Morgan fingerprint density at radius 3 is 3.07 bits per heavy atom. The number of imidazole rings is 1. The van der Waals surface area contributed by atoms with E-state index in [0.717, 1.165) is 18.9 Å². The van der Waals surface area contributed by atoms with Gasteiger partial charge in [-0.3, -0.25) is 0 Å². The molecular weight excluding hydrogens is 214 g/mol. The molecule has 0 aromatic carbocycles. The van der Waals surface area contributed by atoms with Gasteiger partial charge in [0, 0.05) is 31.9 Å². The zero-order chi connectivity index (χ0) is 11.1. The highest BCUT2D eigenvalue weighted by molar-refractivity contribution is 6.17. The van der Waals surface area contributed by atoms with Crippen molar-refractivity contribution in [1.29, 1.82) is 0 Å². The summed E-state index contributed by atoms with van der Waals surface area (Å²) in [6, 6.07) is 0.222. The highest BCUT2D eigenvalue weighted by Gasteiger charge is 2.10. The first-order chi connectivity index (χ1) is 7.31. The average Bonchev–Trinajstić information content (AvgIpc) is 2.66. The zero-order valence-electron chi connectivity index (χ0n) is 9.24. The van der Waals surface area contributed by atoms with Crippen LogP contribution in [0.3, 0.4) is 0 Å². The number of hydrogen-bond donors (Lipinski definition) is 1. The Morgan fingerprint density at radius 2 is 2.47 bits per heavy atom. The molecule has 0 fully saturated rings. The summed E-state index contributed by atoms with van der Waals surface area (Å²) in [6.45, 7) is 3.63. The van der Waals surface area contributed by atoms with Gasteiger partial charge in [-0.1, -0.05) is 0 Å². The number of anilines is 1. The van der Waals surface area contributed by atoms with Gasteiger partial charge in [0.15, 0.2) is 0 Å². The molecule has 0 spiro atoms. The third kappa shape index (κ3) is 3.72. The molecule has 0 saturated heterocycles. The molecule has 0 amide bonds. The summed E-state index contributed by atoms with van der Waals surface area (Å²) in [4.78, 5) is 4.24. The van der Waals surface area contributed by atoms with Crippen LogP contribution in [0.5, 0.6) is 0 Å². The van der Waals surface area contributed by atoms with Crippen LogP contribution in [-0.4, -0.2) is 35.2 Å². The third-order valence-electron chi connectivity index (χ3n) is 2.21. The van der Waals surface area contributed by atoms with Crippen LogP contribution < -0.4 is 5.32 Å². The summed E-state index contributed by atoms with van der Waals surface area (Å²) in [7, 11) is 1.69. The van der Waals surface area contributed by atoms with Crippen molar-refractivity contribution in [3.05, 3.63) is 12.4 Å². The Kier molecular flexibility index (Phi) is 5.50. The minimum absolute atomic E-state index is 0.222. The second kappa shape index (κ2) is 6.69. The lowest BCUT2D eigenvalue weighted by atomic mass is 10.2. The van der Waals surface area contributed by atoms with Crippen LogP contribution in [0.1, 0.15) is 13.3 Å². The number of hydrogen-bond acceptors (Lipinski definition) is 3. The maximum absolute atomic E-state index is 5.72. The number of nitrogens with one attached hydrogen (secondary N) is 1. The molecule has 1 atom stereocenters. The second-order valence-corrected chi connectivity index (χ2v) is 3.69. The largest absolute Gasteiger partial charge is 0.383 e. The Bertz CT molecular complexity index is 271. The molecule has 1 heterocycles. The lowest BCUT2D eigenvalue weighted by molar-refractivity contribution is 0.184. The van der Waals surface area contributed by atoms with Gasteiger partial charge in [-0.25, -0.2) is 4.98 Å². The van der Waals surface area contributed by atoms with Crippen molar-refractivity contribution >= 4 is 17.5 Å². The lowest BCUT2D eigenvalue weighted by Gasteiger charge is -2.17. The van der Waals surface area contributed by atoms with Crippen LogP contribution >= 0.6 is 11.6 Å². The van der Waals surface area contributed by atoms with E-state index < -0.39 is 0 Å². The fourth-order valence-electron chi connectivity index (χ4n) is 1.42. The number of halogens is 1. The molecular formula is C10H18ClN3O. The molecule has 1 unspecified atom stereocenters. The molecule has 0 bridgehead atoms. The predicted molar refractivity (Wildman–Crippen MR) is 62.5 cm³/mol. The summed E-state index contributed by atoms with van der Waals surface area (Å²) >= 11 is 5.72. The second-order valence-electron chi connectivity index (χ2n) is 3.31. The number of aromatic nitrogens is 2. The van der Waals surface area contributed by atoms with E-state index in [4.69, 9.17) is 16.3 Å². The van der Waals surface area contributed by atoms with Gasteiger partial charge in [-0.2, -0.15) is 0 Å². The van der Waals surface area contributed by atoms with E-state index in [1.54, 1.807) is 13.3 Å². The molecule has 0 aliphatic heterocycles. The minimum atomic E-state index is 0.222. The average molecular weight is 232 g/mol. The summed E-state index contributed by atoms with van der Waals surface area (Å²) in [6.07, 6.45) is 4.61. The van der Waals surface area contributed by atoms with Gasteiger partial charge in [0.25, 0.3) is 0 Å². The van der Waals surface area contributed by atoms with E-state index in [0.29, 0.717) is 12.5 Å². The summed E-state index contributed by atoms with van der Waals surface area (Å²) in [5.74, 6) is 1.50. The first-order valence-electron chi connectivity index (χ1n) is 5.14. The first-order valence-corrected chi connectivity index (χ1v) is 5.67. The van der Waals surface area contributed by atoms with Crippen molar-refractivity contribution < 1.29 is 4.74 Å². The Hall–Kier alpha value is -0.740. The van der Waals surface area contributed by atoms with Gasteiger partial charge in [0.2, 0.25) is 5.95 Å². The van der Waals surface area contributed by atoms with Crippen LogP contribution in [0, 0.1) is 0 Å². The van der Waals surface area contributed by atoms with E-state index in [1.807, 2.05) is 6.20 Å². The summed E-state index contributed by atoms with van der Waals surface area (Å²) < 4.78 is 7.17. The van der Waals surface area contributed by atoms with Crippen molar-refractivity contribution in [2.24, 2.45) is 0 Å². The van der Waals surface area contributed by atoms with Crippen LogP contribution in [0.2, 0.25) is 0 Å². The topological polar surface area (TPSA) is 39.1 Å². The standard InChI is InChI=1S/C10H18ClN3O/c1-3-14-7-6-12-10(14)13-9(4-5-11)8-15-2/h6-7,9H,3-5,8H2,1-2H3,(H,12,13). The van der Waals surface area contributed by atoms with Crippen molar-refractivity contribution in [1.82, 2.24) is 9.55 Å². The molecule has 0 aliphatic rings. The van der Waals surface area contributed by atoms with E-state index in [1.165, 1.54) is 0 Å². The zero-order valence-corrected chi connectivity index (χ0v) is 10.00. The van der Waals surface area contributed by atoms with Crippen molar-refractivity contribution in [3.8, 4) is 0 Å². The van der Waals surface area contributed by atoms with Gasteiger partial charge in [0.05, 0.1) is 12.6 Å². The third-order valence-corrected chi connectivity index (χ3v) is 2.43. The molecule has 15 heavy (non-hydrogen) atoms. The van der Waals surface area contributed by atoms with Crippen molar-refractivity contribution in [2.75, 3.05) is 24.9 Å². The molecule has 1 N–H and O–H groups in total. The molecule has 0 aliphatic carbocycles. The van der Waals surface area contributed by atoms with E-state index in [9.17, 15) is 0 Å². The number of aryl methyl sites for hydroxylation is 1. The molecule has 1 aromatic rings. The number of ether oxygens (including phenoxy) is 1. The highest BCUT2D eigenvalue weighted by Crippen LogP contribution is 2.08. The molecule has 0 radical (unpaired) electrons. The fraction of sp³-hybridized carbons (Fsp3) is 0.700. The monoisotopic (exact) mass is 231 g/mol. The molecule has 1 rings (SSSR count). The quantitative estimate of drug-likeness (QED) is 0.730. The summed E-state index contributed by atoms with van der Waals surface area (Å²) in [5, 5.41) is 3.32. The Morgan fingerprint density at radius 1 is 1.67 bits per heavy atom. The van der Waals surface area contributed by atoms with E-state index >= 15 is 0 Å². The van der Waals surface area contributed by atoms with Gasteiger partial charge in [0.1, 0.15) is 0 Å². The Labute approximate surface area is 95.6 Å². The number of nitrogens with zero attached hydrogens (tertiary/aromatic N) is 2. The van der Waals surface area contributed by atoms with Gasteiger partial charge in [-0.05, 0) is 13.3 Å². The fourth-order valence-corrected chi connectivity index (χ4v) is 1.68. The van der Waals surface area contributed by atoms with Gasteiger partial charge < -0.3 is 14.6 Å². The van der Waals surface area contributed by atoms with Crippen molar-refractivity contribution in [2.45, 2.75) is 25.9 Å². The summed E-state index contributed by atoms with van der Waals surface area (Å²) in [5.41, 5.74) is 0. The SMILES string of the molecule is CCn1ccnc1NC(CCCl)COC. The molecule has 4 nitrogen and oxygen atoms in total. The lowest BCUT2D eigenvalue weighted by Crippen LogP contribution is -2.27. The van der Waals surface area contributed by atoms with Crippen LogP contribution in [0.15, 0.2) is 12.4 Å². The molecule has 1 aromatic heterocycles. The molecule has 86 valence electrons. The van der Waals surface area contributed by atoms with Gasteiger partial charge in [-0.15, -0.1) is 11.6 Å². The highest BCUT2D eigenvalue weighted by atomic mass is 35.5. The van der Waals surface area contributed by atoms with Crippen LogP contribution in [0.4, 0.5) is 5.95 Å². The van der Waals surface area contributed by atoms with Gasteiger partial charge >= 0.3 is 0 Å². The van der Waals surface area contributed by atoms with Crippen LogP contribution in [0.25, 0.3) is 0 Å². The number of alkyl halides is 1. The normalized spacial score (nSPS) is 12.7. The van der Waals surface area contributed by atoms with E-state index in [2.05, 4.69) is 21.8 Å². The first kappa shape index (κ1) is 12.3. The number of methoxy groups -OCH3 is 1. The maximum Gasteiger partial charge on any atom is 0.203 e.